The number of H-pyrrole nitrogens is 1. The van der Waals surface area contributed by atoms with Gasteiger partial charge in [-0.25, -0.2) is 9.37 Å². The molecule has 66 heavy (non-hydrogen) atoms. The molecule has 3 aromatic rings. The topological polar surface area (TPSA) is 194 Å². The average molecular weight is 944 g/mol. The third kappa shape index (κ3) is 19.9. The van der Waals surface area contributed by atoms with E-state index in [1.165, 1.54) is 115 Å². The van der Waals surface area contributed by atoms with Crippen molar-refractivity contribution in [3.05, 3.63) is 46.0 Å². The van der Waals surface area contributed by atoms with Gasteiger partial charge in [0.15, 0.2) is 16.3 Å². The van der Waals surface area contributed by atoms with E-state index < -0.39 is 17.5 Å². The number of nitrogens with two attached hydrogens (primary N) is 1. The Hall–Kier alpha value is -3.61. The zero-order chi connectivity index (χ0) is 46.8. The zero-order valence-corrected chi connectivity index (χ0v) is 40.5. The summed E-state index contributed by atoms with van der Waals surface area (Å²) in [6.45, 7) is 9.04. The van der Waals surface area contributed by atoms with E-state index in [1.807, 2.05) is 0 Å². The molecule has 2 aromatic heterocycles. The first kappa shape index (κ1) is 53.3. The Morgan fingerprint density at radius 3 is 2.11 bits per heavy atom. The molecule has 4 atom stereocenters. The smallest absolute Gasteiger partial charge is 0.280 e. The molecule has 2 amide bonds. The lowest BCUT2D eigenvalue weighted by Crippen LogP contribution is -2.48. The van der Waals surface area contributed by atoms with Gasteiger partial charge in [0, 0.05) is 25.8 Å². The van der Waals surface area contributed by atoms with Crippen LogP contribution in [0.3, 0.4) is 0 Å². The summed E-state index contributed by atoms with van der Waals surface area (Å²) in [7, 11) is 0. The van der Waals surface area contributed by atoms with Gasteiger partial charge < -0.3 is 40.1 Å². The van der Waals surface area contributed by atoms with Crippen LogP contribution in [-0.2, 0) is 39.8 Å². The molecule has 2 aliphatic carbocycles. The number of fused-ring (bicyclic) bond motifs is 1. The van der Waals surface area contributed by atoms with Crippen LogP contribution in [0.1, 0.15) is 122 Å². The van der Waals surface area contributed by atoms with Gasteiger partial charge in [0.2, 0.25) is 17.8 Å². The monoisotopic (exact) mass is 944 g/mol. The van der Waals surface area contributed by atoms with Crippen LogP contribution < -0.4 is 21.9 Å². The molecule has 3 unspecified atom stereocenters. The van der Waals surface area contributed by atoms with E-state index in [0.29, 0.717) is 58.0 Å². The summed E-state index contributed by atoms with van der Waals surface area (Å²) in [4.78, 5) is 48.9. The maximum absolute atomic E-state index is 13.6. The van der Waals surface area contributed by atoms with Crippen LogP contribution in [0.4, 0.5) is 10.3 Å². The number of thioether (sulfide) groups is 1. The standard InChI is InChI=1S/C49H78FN7O8S/c1-36-12-11-16-41(40-14-8-6-9-15-40)33-39(32-36)13-7-4-3-5-10-22-61-24-26-63-28-30-65-31-29-64-27-25-62-23-21-52-46(59)43(53-37(2)58)35-66-49-54-44-45(55-48(51)56-47(44)60)57(49)34-38-17-19-42(50)20-18-38/h17-20,36,39-41,43H,3-16,21-35H2,1-2H3,(H,52,59)(H,53,58)(H3,51,55,56,60)/t36?,39?,41?,43-/m0/s1. The average Bonchev–Trinajstić information content (AvgIpc) is 3.64. The Kier molecular flexibility index (Phi) is 24.8. The fourth-order valence-electron chi connectivity index (χ4n) is 9.46. The number of halogens is 1. The molecule has 5 N–H and O–H groups in total. The summed E-state index contributed by atoms with van der Waals surface area (Å²) in [5.74, 6) is 2.73. The molecule has 0 saturated heterocycles. The highest BCUT2D eigenvalue weighted by Gasteiger charge is 2.29. The fraction of sp³-hybridized carbons (Fsp3) is 0.735. The highest BCUT2D eigenvalue weighted by atomic mass is 32.2. The van der Waals surface area contributed by atoms with E-state index in [9.17, 15) is 18.8 Å². The van der Waals surface area contributed by atoms with Gasteiger partial charge in [0.25, 0.3) is 5.56 Å². The molecule has 370 valence electrons. The van der Waals surface area contributed by atoms with Crippen LogP contribution in [0.15, 0.2) is 34.2 Å². The SMILES string of the molecule is CC(=O)N[C@@H](CSc1nc2c(=O)[nH]c(N)nc2n1Cc1ccc(F)cc1)C(=O)NCCOCCOCCOCCOCCOCCCCCCCC1CC(C)CCCC(C2CCCCC2)C1. The summed E-state index contributed by atoms with van der Waals surface area (Å²) < 4.78 is 43.4. The van der Waals surface area contributed by atoms with Crippen LogP contribution >= 0.6 is 11.8 Å². The van der Waals surface area contributed by atoms with Gasteiger partial charge >= 0.3 is 0 Å². The molecule has 0 radical (unpaired) electrons. The van der Waals surface area contributed by atoms with Crippen molar-refractivity contribution in [3.8, 4) is 0 Å². The molecule has 0 spiro atoms. The Balaban J connectivity index is 0.819. The van der Waals surface area contributed by atoms with Crippen LogP contribution in [0.5, 0.6) is 0 Å². The number of benzene rings is 1. The van der Waals surface area contributed by atoms with Gasteiger partial charge in [0.1, 0.15) is 11.9 Å². The van der Waals surface area contributed by atoms with Crippen molar-refractivity contribution in [1.29, 1.82) is 0 Å². The first-order chi connectivity index (χ1) is 32.2. The number of amides is 2. The van der Waals surface area contributed by atoms with E-state index in [-0.39, 0.29) is 54.3 Å². The van der Waals surface area contributed by atoms with Gasteiger partial charge in [-0.05, 0) is 60.6 Å². The largest absolute Gasteiger partial charge is 0.379 e. The number of carbonyl (C=O) groups excluding carboxylic acids is 2. The molecule has 2 aliphatic rings. The molecule has 5 rings (SSSR count). The van der Waals surface area contributed by atoms with Crippen molar-refractivity contribution in [2.45, 2.75) is 134 Å². The number of carbonyl (C=O) groups is 2. The minimum absolute atomic E-state index is 0.0660. The molecule has 2 heterocycles. The summed E-state index contributed by atoms with van der Waals surface area (Å²) in [5.41, 5.74) is 6.34. The highest BCUT2D eigenvalue weighted by Crippen LogP contribution is 2.41. The number of nitrogens with one attached hydrogen (secondary N) is 3. The third-order valence-electron chi connectivity index (χ3n) is 12.8. The second-order valence-corrected chi connectivity index (χ2v) is 19.2. The number of hydrogen-bond acceptors (Lipinski definition) is 12. The maximum Gasteiger partial charge on any atom is 0.280 e. The van der Waals surface area contributed by atoms with Crippen LogP contribution in [-0.4, -0.2) is 116 Å². The minimum atomic E-state index is -0.909. The predicted octanol–water partition coefficient (Wildman–Crippen LogP) is 7.44. The molecule has 2 fully saturated rings. The van der Waals surface area contributed by atoms with Gasteiger partial charge in [-0.1, -0.05) is 114 Å². The van der Waals surface area contributed by atoms with Gasteiger partial charge in [-0.15, -0.1) is 0 Å². The minimum Gasteiger partial charge on any atom is -0.379 e. The number of nitrogen functional groups attached to an aromatic ring is 1. The normalized spacial score (nSPS) is 18.8. The van der Waals surface area contributed by atoms with Crippen molar-refractivity contribution in [1.82, 2.24) is 30.2 Å². The number of hydrogen-bond donors (Lipinski definition) is 4. The molecule has 2 saturated carbocycles. The number of rotatable bonds is 31. The second-order valence-electron chi connectivity index (χ2n) is 18.2. The lowest BCUT2D eigenvalue weighted by atomic mass is 9.70. The first-order valence-electron chi connectivity index (χ1n) is 24.7. The molecular formula is C49H78FN7O8S. The lowest BCUT2D eigenvalue weighted by Gasteiger charge is -2.36. The number of imidazole rings is 1. The number of aromatic amines is 1. The Morgan fingerprint density at radius 1 is 0.803 bits per heavy atom. The van der Waals surface area contributed by atoms with Crippen LogP contribution in [0.2, 0.25) is 0 Å². The Labute approximate surface area is 395 Å². The summed E-state index contributed by atoms with van der Waals surface area (Å²) in [5, 5.41) is 5.83. The number of unbranched alkanes of at least 4 members (excludes halogenated alkanes) is 4. The third-order valence-corrected chi connectivity index (χ3v) is 13.9. The second kappa shape index (κ2) is 30.7. The molecule has 15 nitrogen and oxygen atoms in total. The van der Waals surface area contributed by atoms with Crippen molar-refractivity contribution < 1.29 is 37.7 Å². The quantitative estimate of drug-likeness (QED) is 0.0369. The van der Waals surface area contributed by atoms with Gasteiger partial charge in [-0.3, -0.25) is 23.9 Å². The van der Waals surface area contributed by atoms with Crippen molar-refractivity contribution in [2.24, 2.45) is 23.7 Å². The number of ether oxygens (including phenoxy) is 5. The van der Waals surface area contributed by atoms with Crippen molar-refractivity contribution >= 4 is 40.7 Å². The van der Waals surface area contributed by atoms with Crippen molar-refractivity contribution in [2.75, 3.05) is 84.1 Å². The van der Waals surface area contributed by atoms with Crippen molar-refractivity contribution in [3.63, 3.8) is 0 Å². The first-order valence-corrected chi connectivity index (χ1v) is 25.7. The Morgan fingerprint density at radius 2 is 1.42 bits per heavy atom. The maximum atomic E-state index is 13.6. The van der Waals surface area contributed by atoms with E-state index in [2.05, 4.69) is 32.5 Å². The van der Waals surface area contributed by atoms with Gasteiger partial charge in [-0.2, -0.15) is 4.98 Å². The molecule has 0 aliphatic heterocycles. The lowest BCUT2D eigenvalue weighted by molar-refractivity contribution is -0.127. The van der Waals surface area contributed by atoms with E-state index in [1.54, 1.807) is 16.7 Å². The zero-order valence-electron chi connectivity index (χ0n) is 39.7. The van der Waals surface area contributed by atoms with Crippen LogP contribution in [0, 0.1) is 29.5 Å². The number of aromatic nitrogens is 4. The molecule has 17 heteroatoms. The van der Waals surface area contributed by atoms with E-state index in [0.717, 1.165) is 54.0 Å². The summed E-state index contributed by atoms with van der Waals surface area (Å²) in [6.07, 6.45) is 22.6. The molecule has 1 aromatic carbocycles. The van der Waals surface area contributed by atoms with Crippen LogP contribution in [0.25, 0.3) is 11.2 Å². The van der Waals surface area contributed by atoms with Gasteiger partial charge in [0.05, 0.1) is 66.0 Å². The predicted molar refractivity (Wildman–Crippen MR) is 257 cm³/mol. The fourth-order valence-corrected chi connectivity index (χ4v) is 10.5. The molecule has 0 bridgehead atoms. The number of nitrogens with zero attached hydrogens (tertiary/aromatic N) is 3. The number of anilines is 1. The van der Waals surface area contributed by atoms with E-state index >= 15 is 0 Å². The van der Waals surface area contributed by atoms with E-state index in [4.69, 9.17) is 29.4 Å². The highest BCUT2D eigenvalue weighted by molar-refractivity contribution is 7.99. The summed E-state index contributed by atoms with van der Waals surface area (Å²) in [6, 6.07) is 4.98. The molecular weight excluding hydrogens is 866 g/mol. The Bertz CT molecular complexity index is 1900. The summed E-state index contributed by atoms with van der Waals surface area (Å²) >= 11 is 1.16.